The highest BCUT2D eigenvalue weighted by Crippen LogP contribution is 2.29. The number of ether oxygens (including phenoxy) is 1. The molecule has 1 aromatic rings. The lowest BCUT2D eigenvalue weighted by Crippen LogP contribution is -2.37. The molecule has 0 fully saturated rings. The average molecular weight is 430 g/mol. The number of hydrazine groups is 1. The largest absolute Gasteiger partial charge is 0.495 e. The number of rotatable bonds is 6. The Labute approximate surface area is 183 Å². The Morgan fingerprint density at radius 1 is 1.43 bits per heavy atom. The summed E-state index contributed by atoms with van der Waals surface area (Å²) in [5.74, 6) is 12.7. The van der Waals surface area contributed by atoms with E-state index >= 15 is 0 Å². The van der Waals surface area contributed by atoms with Gasteiger partial charge in [0.25, 0.3) is 0 Å². The summed E-state index contributed by atoms with van der Waals surface area (Å²) in [6.45, 7) is 5.95. The molecule has 0 aliphatic heterocycles. The SMILES string of the molecule is CC.COc1ccc(C)cc1N(N)/C(=N\N)SCCC(=O)C1=CCCC(C#N)C=C1. The van der Waals surface area contributed by atoms with Crippen LogP contribution >= 0.6 is 11.8 Å². The van der Waals surface area contributed by atoms with Gasteiger partial charge in [0.15, 0.2) is 5.78 Å². The molecule has 0 amide bonds. The van der Waals surface area contributed by atoms with Gasteiger partial charge in [-0.25, -0.2) is 5.84 Å². The molecule has 0 saturated carbocycles. The number of anilines is 1. The van der Waals surface area contributed by atoms with Crippen molar-refractivity contribution < 1.29 is 9.53 Å². The van der Waals surface area contributed by atoms with Gasteiger partial charge < -0.3 is 10.6 Å². The van der Waals surface area contributed by atoms with Crippen LogP contribution in [0.3, 0.4) is 0 Å². The molecule has 162 valence electrons. The van der Waals surface area contributed by atoms with Crippen LogP contribution in [0.1, 0.15) is 38.7 Å². The number of allylic oxidation sites excluding steroid dienone is 4. The van der Waals surface area contributed by atoms with E-state index in [0.717, 1.165) is 18.4 Å². The van der Waals surface area contributed by atoms with Crippen LogP contribution in [0.25, 0.3) is 0 Å². The predicted molar refractivity (Wildman–Crippen MR) is 125 cm³/mol. The number of nitriles is 1. The third-order valence-electron chi connectivity index (χ3n) is 4.31. The van der Waals surface area contributed by atoms with Crippen molar-refractivity contribution in [2.45, 2.75) is 40.0 Å². The number of ketones is 1. The molecule has 1 aliphatic rings. The molecule has 0 radical (unpaired) electrons. The molecule has 0 bridgehead atoms. The van der Waals surface area contributed by atoms with Gasteiger partial charge >= 0.3 is 0 Å². The van der Waals surface area contributed by atoms with Gasteiger partial charge in [0.05, 0.1) is 19.1 Å². The number of hydrazone groups is 1. The first-order valence-corrected chi connectivity index (χ1v) is 10.9. The second-order valence-electron chi connectivity index (χ2n) is 6.31. The first kappa shape index (κ1) is 25.3. The zero-order valence-electron chi connectivity index (χ0n) is 18.1. The molecular weight excluding hydrogens is 398 g/mol. The molecule has 1 aliphatic carbocycles. The zero-order chi connectivity index (χ0) is 22.5. The standard InChI is InChI=1S/C20H25N5O2S.C2H6/c1-14-6-9-19(27-2)17(12-14)25(23)20(24-22)28-11-10-18(26)16-5-3-4-15(13-21)7-8-16;1-2/h5-9,12,15H,3-4,10-11,22-23H2,1-2H3;1-2H3/b24-20+;. The number of hydrogen-bond acceptors (Lipinski definition) is 7. The van der Waals surface area contributed by atoms with Crippen molar-refractivity contribution in [2.24, 2.45) is 22.7 Å². The molecule has 4 N–H and O–H groups in total. The fourth-order valence-corrected chi connectivity index (χ4v) is 3.54. The Morgan fingerprint density at radius 2 is 2.17 bits per heavy atom. The average Bonchev–Trinajstić information content (AvgIpc) is 3.03. The molecule has 0 spiro atoms. The molecule has 8 heteroatoms. The van der Waals surface area contributed by atoms with Gasteiger partial charge in [-0.2, -0.15) is 10.4 Å². The highest BCUT2D eigenvalue weighted by Gasteiger charge is 2.17. The minimum Gasteiger partial charge on any atom is -0.495 e. The van der Waals surface area contributed by atoms with Gasteiger partial charge in [-0.1, -0.05) is 49.9 Å². The van der Waals surface area contributed by atoms with Crippen molar-refractivity contribution in [3.8, 4) is 11.8 Å². The van der Waals surface area contributed by atoms with Crippen molar-refractivity contribution in [1.29, 1.82) is 5.26 Å². The van der Waals surface area contributed by atoms with Crippen molar-refractivity contribution in [1.82, 2.24) is 0 Å². The summed E-state index contributed by atoms with van der Waals surface area (Å²) in [6.07, 6.45) is 7.21. The smallest absolute Gasteiger partial charge is 0.201 e. The number of benzene rings is 1. The molecular formula is C22H31N5O2S. The Balaban J connectivity index is 0.00000218. The maximum absolute atomic E-state index is 12.4. The second-order valence-corrected chi connectivity index (χ2v) is 7.37. The van der Waals surface area contributed by atoms with E-state index in [0.29, 0.717) is 34.4 Å². The third kappa shape index (κ3) is 7.25. The number of nitrogens with zero attached hydrogens (tertiary/aromatic N) is 3. The van der Waals surface area contributed by atoms with Crippen LogP contribution < -0.4 is 21.4 Å². The number of methoxy groups -OCH3 is 1. The van der Waals surface area contributed by atoms with Crippen LogP contribution in [0.5, 0.6) is 5.75 Å². The number of nitrogens with two attached hydrogens (primary N) is 2. The van der Waals surface area contributed by atoms with Crippen molar-refractivity contribution in [3.63, 3.8) is 0 Å². The number of Topliss-reactive ketones (excluding diaryl/α,β-unsaturated/α-hetero) is 1. The Kier molecular flexibility index (Phi) is 11.3. The lowest BCUT2D eigenvalue weighted by atomic mass is 10.1. The lowest BCUT2D eigenvalue weighted by Gasteiger charge is -2.22. The monoisotopic (exact) mass is 429 g/mol. The summed E-state index contributed by atoms with van der Waals surface area (Å²) in [7, 11) is 1.57. The summed E-state index contributed by atoms with van der Waals surface area (Å²) >= 11 is 1.30. The number of thioether (sulfide) groups is 1. The fourth-order valence-electron chi connectivity index (χ4n) is 2.76. The van der Waals surface area contributed by atoms with Gasteiger partial charge in [-0.3, -0.25) is 9.80 Å². The van der Waals surface area contributed by atoms with Gasteiger partial charge in [0.2, 0.25) is 5.17 Å². The number of amidine groups is 1. The van der Waals surface area contributed by atoms with E-state index in [4.69, 9.17) is 21.7 Å². The summed E-state index contributed by atoms with van der Waals surface area (Å²) in [5.41, 5.74) is 2.31. The van der Waals surface area contributed by atoms with Gasteiger partial charge in [-0.05, 0) is 37.5 Å². The van der Waals surface area contributed by atoms with E-state index in [9.17, 15) is 4.79 Å². The number of carbonyl (C=O) groups excluding carboxylic acids is 1. The highest BCUT2D eigenvalue weighted by atomic mass is 32.2. The fraction of sp³-hybridized carbons (Fsp3) is 0.409. The van der Waals surface area contributed by atoms with Crippen molar-refractivity contribution in [2.75, 3.05) is 17.9 Å². The molecule has 0 heterocycles. The second kappa shape index (κ2) is 13.5. The molecule has 30 heavy (non-hydrogen) atoms. The molecule has 0 aromatic heterocycles. The first-order chi connectivity index (χ1) is 14.5. The summed E-state index contributed by atoms with van der Waals surface area (Å²) in [5, 5.41) is 14.5. The lowest BCUT2D eigenvalue weighted by molar-refractivity contribution is -0.114. The van der Waals surface area contributed by atoms with Gasteiger partial charge in [0, 0.05) is 17.7 Å². The number of aryl methyl sites for hydroxylation is 1. The Hall–Kier alpha value is -2.76. The Bertz CT molecular complexity index is 842. The topological polar surface area (TPSA) is 118 Å². The van der Waals surface area contributed by atoms with E-state index in [1.807, 2.05) is 45.0 Å². The van der Waals surface area contributed by atoms with Crippen LogP contribution in [0.4, 0.5) is 5.69 Å². The summed E-state index contributed by atoms with van der Waals surface area (Å²) < 4.78 is 5.35. The van der Waals surface area contributed by atoms with Crippen LogP contribution in [-0.4, -0.2) is 23.8 Å². The molecule has 1 unspecified atom stereocenters. The van der Waals surface area contributed by atoms with Gasteiger partial charge in [-0.15, -0.1) is 0 Å². The van der Waals surface area contributed by atoms with E-state index in [2.05, 4.69) is 11.2 Å². The van der Waals surface area contributed by atoms with E-state index < -0.39 is 0 Å². The highest BCUT2D eigenvalue weighted by molar-refractivity contribution is 8.14. The normalized spacial score (nSPS) is 15.8. The quantitative estimate of drug-likeness (QED) is 0.303. The third-order valence-corrected chi connectivity index (χ3v) is 5.28. The molecule has 1 aromatic carbocycles. The summed E-state index contributed by atoms with van der Waals surface area (Å²) in [4.78, 5) is 12.4. The Morgan fingerprint density at radius 3 is 2.80 bits per heavy atom. The van der Waals surface area contributed by atoms with Crippen LogP contribution in [0.15, 0.2) is 47.1 Å². The van der Waals surface area contributed by atoms with Gasteiger partial charge in [0.1, 0.15) is 11.4 Å². The van der Waals surface area contributed by atoms with Crippen molar-refractivity contribution in [3.05, 3.63) is 47.6 Å². The maximum atomic E-state index is 12.4. The van der Waals surface area contributed by atoms with E-state index in [1.54, 1.807) is 19.3 Å². The van der Waals surface area contributed by atoms with E-state index in [-0.39, 0.29) is 11.7 Å². The van der Waals surface area contributed by atoms with Crippen LogP contribution in [-0.2, 0) is 4.79 Å². The van der Waals surface area contributed by atoms with Crippen molar-refractivity contribution >= 4 is 28.4 Å². The summed E-state index contributed by atoms with van der Waals surface area (Å²) in [6, 6.07) is 7.84. The number of hydrogen-bond donors (Lipinski definition) is 2. The minimum absolute atomic E-state index is 0.0235. The van der Waals surface area contributed by atoms with Crippen LogP contribution in [0.2, 0.25) is 0 Å². The molecule has 1 atom stereocenters. The molecule has 7 nitrogen and oxygen atoms in total. The molecule has 2 rings (SSSR count). The number of carbonyl (C=O) groups is 1. The first-order valence-electron chi connectivity index (χ1n) is 9.91. The maximum Gasteiger partial charge on any atom is 0.201 e. The molecule has 0 saturated heterocycles. The van der Waals surface area contributed by atoms with E-state index in [1.165, 1.54) is 16.8 Å². The van der Waals surface area contributed by atoms with Crippen LogP contribution in [0, 0.1) is 24.2 Å². The minimum atomic E-state index is -0.137. The zero-order valence-corrected chi connectivity index (χ0v) is 18.9. The predicted octanol–water partition coefficient (Wildman–Crippen LogP) is 4.05.